The topological polar surface area (TPSA) is 51.8 Å². The van der Waals surface area contributed by atoms with Crippen LogP contribution in [0, 0.1) is 0 Å². The molecule has 0 saturated carbocycles. The highest BCUT2D eigenvalue weighted by molar-refractivity contribution is 6.25. The molecule has 61 heavy (non-hydrogen) atoms. The van der Waals surface area contributed by atoms with Crippen molar-refractivity contribution in [1.29, 1.82) is 0 Å². The zero-order chi connectivity index (χ0) is 40.0. The summed E-state index contributed by atoms with van der Waals surface area (Å²) in [5.41, 5.74) is 9.31. The Morgan fingerprint density at radius 2 is 0.885 bits per heavy atom. The summed E-state index contributed by atoms with van der Waals surface area (Å²) in [6.07, 6.45) is 0. The molecule has 0 unspecified atom stereocenters. The maximum absolute atomic E-state index is 6.64. The molecule has 282 valence electrons. The lowest BCUT2D eigenvalue weighted by Crippen LogP contribution is -1.98. The lowest BCUT2D eigenvalue weighted by Gasteiger charge is -2.15. The molecule has 0 saturated heterocycles. The second-order valence-electron chi connectivity index (χ2n) is 15.9. The van der Waals surface area contributed by atoms with Crippen LogP contribution >= 0.6 is 0 Å². The average molecular weight is 776 g/mol. The van der Waals surface area contributed by atoms with Crippen molar-refractivity contribution in [2.24, 2.45) is 0 Å². The molecule has 0 fully saturated rings. The van der Waals surface area contributed by atoms with E-state index in [0.29, 0.717) is 5.82 Å². The molecule has 0 bridgehead atoms. The standard InChI is InChI=1S/C57H33N3O/c1-3-18-38-34(14-1)31-48(42-22-7-5-20-40(38)42)52-33-51(59-57(60-52)49-32-35-15-2-4-19-39(35)41-21-6-8-23-43(41)49)36-16-13-17-37(30-36)55-47-29-28-45-44-24-10-12-27-53(44)61-56(45)54(47)46-25-9-11-26-50(46)58-55/h1-33H. The van der Waals surface area contributed by atoms with Crippen molar-refractivity contribution >= 4 is 86.7 Å². The first-order valence-corrected chi connectivity index (χ1v) is 20.7. The van der Waals surface area contributed by atoms with Crippen LogP contribution < -0.4 is 0 Å². The number of nitrogens with zero attached hydrogens (tertiary/aromatic N) is 3. The molecule has 0 radical (unpaired) electrons. The number of benzene rings is 10. The lowest BCUT2D eigenvalue weighted by atomic mass is 9.94. The predicted molar refractivity (Wildman–Crippen MR) is 254 cm³/mol. The van der Waals surface area contributed by atoms with Crippen molar-refractivity contribution in [3.8, 4) is 45.2 Å². The van der Waals surface area contributed by atoms with Crippen molar-refractivity contribution in [3.63, 3.8) is 0 Å². The van der Waals surface area contributed by atoms with E-state index >= 15 is 0 Å². The van der Waals surface area contributed by atoms with Crippen molar-refractivity contribution in [3.05, 3.63) is 200 Å². The van der Waals surface area contributed by atoms with Crippen LogP contribution in [0.15, 0.2) is 205 Å². The average Bonchev–Trinajstić information content (AvgIpc) is 3.72. The zero-order valence-corrected chi connectivity index (χ0v) is 32.8. The first-order chi connectivity index (χ1) is 30.2. The second kappa shape index (κ2) is 13.2. The van der Waals surface area contributed by atoms with E-state index in [1.165, 1.54) is 26.9 Å². The Balaban J connectivity index is 1.08. The van der Waals surface area contributed by atoms with E-state index in [1.54, 1.807) is 0 Å². The van der Waals surface area contributed by atoms with Gasteiger partial charge in [-0.25, -0.2) is 15.0 Å². The van der Waals surface area contributed by atoms with E-state index in [0.717, 1.165) is 99.1 Å². The van der Waals surface area contributed by atoms with Gasteiger partial charge in [-0.3, -0.25) is 0 Å². The van der Waals surface area contributed by atoms with Gasteiger partial charge in [-0.1, -0.05) is 158 Å². The van der Waals surface area contributed by atoms with Crippen LogP contribution in [-0.2, 0) is 0 Å². The third-order valence-electron chi connectivity index (χ3n) is 12.4. The van der Waals surface area contributed by atoms with Crippen molar-refractivity contribution < 1.29 is 4.42 Å². The van der Waals surface area contributed by atoms with Gasteiger partial charge in [0.1, 0.15) is 11.2 Å². The zero-order valence-electron chi connectivity index (χ0n) is 32.8. The lowest BCUT2D eigenvalue weighted by molar-refractivity contribution is 0.673. The quantitative estimate of drug-likeness (QED) is 0.167. The van der Waals surface area contributed by atoms with E-state index in [4.69, 9.17) is 19.4 Å². The fourth-order valence-corrected chi connectivity index (χ4v) is 9.62. The van der Waals surface area contributed by atoms with Crippen LogP contribution in [0.25, 0.3) is 132 Å². The van der Waals surface area contributed by atoms with Gasteiger partial charge in [0.05, 0.1) is 22.6 Å². The van der Waals surface area contributed by atoms with Gasteiger partial charge < -0.3 is 4.42 Å². The fourth-order valence-electron chi connectivity index (χ4n) is 9.62. The molecule has 4 heteroatoms. The Labute approximate surface area is 350 Å². The Bertz CT molecular complexity index is 3820. The molecule has 3 aromatic heterocycles. The highest BCUT2D eigenvalue weighted by Crippen LogP contribution is 2.43. The number of para-hydroxylation sites is 2. The predicted octanol–water partition coefficient (Wildman–Crippen LogP) is 15.4. The van der Waals surface area contributed by atoms with Gasteiger partial charge in [0.25, 0.3) is 0 Å². The third-order valence-corrected chi connectivity index (χ3v) is 12.4. The monoisotopic (exact) mass is 775 g/mol. The molecule has 3 heterocycles. The second-order valence-corrected chi connectivity index (χ2v) is 15.9. The molecule has 10 aromatic carbocycles. The van der Waals surface area contributed by atoms with Crippen LogP contribution in [-0.4, -0.2) is 15.0 Å². The first-order valence-electron chi connectivity index (χ1n) is 20.7. The molecular weight excluding hydrogens is 743 g/mol. The maximum atomic E-state index is 6.64. The van der Waals surface area contributed by atoms with E-state index < -0.39 is 0 Å². The molecule has 13 aromatic rings. The van der Waals surface area contributed by atoms with Crippen LogP contribution in [0.5, 0.6) is 0 Å². The van der Waals surface area contributed by atoms with Gasteiger partial charge >= 0.3 is 0 Å². The van der Waals surface area contributed by atoms with E-state index in [1.807, 2.05) is 12.1 Å². The minimum atomic E-state index is 0.679. The molecule has 0 aliphatic rings. The Hall–Kier alpha value is -8.21. The summed E-state index contributed by atoms with van der Waals surface area (Å²) in [5.74, 6) is 0.679. The molecule has 0 N–H and O–H groups in total. The summed E-state index contributed by atoms with van der Waals surface area (Å²) in [6.45, 7) is 0. The van der Waals surface area contributed by atoms with Gasteiger partial charge in [-0.15, -0.1) is 0 Å². The van der Waals surface area contributed by atoms with Crippen molar-refractivity contribution in [2.75, 3.05) is 0 Å². The number of pyridine rings is 1. The number of hydrogen-bond acceptors (Lipinski definition) is 4. The van der Waals surface area contributed by atoms with Crippen LogP contribution in [0.1, 0.15) is 0 Å². The molecule has 0 spiro atoms. The highest BCUT2D eigenvalue weighted by atomic mass is 16.3. The summed E-state index contributed by atoms with van der Waals surface area (Å²) in [7, 11) is 0. The van der Waals surface area contributed by atoms with Gasteiger partial charge in [-0.2, -0.15) is 0 Å². The number of hydrogen-bond donors (Lipinski definition) is 0. The summed E-state index contributed by atoms with van der Waals surface area (Å²) >= 11 is 0. The van der Waals surface area contributed by atoms with Crippen LogP contribution in [0.4, 0.5) is 0 Å². The maximum Gasteiger partial charge on any atom is 0.161 e. The highest BCUT2D eigenvalue weighted by Gasteiger charge is 2.20. The van der Waals surface area contributed by atoms with Gasteiger partial charge in [0.15, 0.2) is 5.82 Å². The summed E-state index contributed by atoms with van der Waals surface area (Å²) in [6, 6.07) is 70.8. The molecule has 0 aliphatic heterocycles. The normalized spacial score (nSPS) is 11.9. The molecule has 13 rings (SSSR count). The first kappa shape index (κ1) is 33.7. The van der Waals surface area contributed by atoms with Crippen LogP contribution in [0.3, 0.4) is 0 Å². The van der Waals surface area contributed by atoms with Gasteiger partial charge in [0, 0.05) is 49.2 Å². The number of fused-ring (bicyclic) bond motifs is 13. The Kier molecular flexibility index (Phi) is 7.27. The Morgan fingerprint density at radius 1 is 0.328 bits per heavy atom. The van der Waals surface area contributed by atoms with Crippen molar-refractivity contribution in [1.82, 2.24) is 15.0 Å². The molecule has 0 aliphatic carbocycles. The van der Waals surface area contributed by atoms with E-state index in [2.05, 4.69) is 188 Å². The molecular formula is C57H33N3O. The number of rotatable bonds is 4. The van der Waals surface area contributed by atoms with Gasteiger partial charge in [-0.05, 0) is 85.6 Å². The number of aromatic nitrogens is 3. The minimum Gasteiger partial charge on any atom is -0.455 e. The number of furan rings is 1. The third kappa shape index (κ3) is 5.22. The largest absolute Gasteiger partial charge is 0.455 e. The Morgan fingerprint density at radius 3 is 1.64 bits per heavy atom. The summed E-state index contributed by atoms with van der Waals surface area (Å²) in [5, 5.41) is 14.8. The smallest absolute Gasteiger partial charge is 0.161 e. The van der Waals surface area contributed by atoms with E-state index in [9.17, 15) is 0 Å². The molecule has 0 atom stereocenters. The molecule has 4 nitrogen and oxygen atoms in total. The SMILES string of the molecule is c1cc(-c2cc(-c3cc4ccccc4c4ccccc34)nc(-c3cc4ccccc4c4ccccc34)n2)cc(-c2nc3ccccc3c3c2ccc2c4ccccc4oc23)c1. The van der Waals surface area contributed by atoms with Gasteiger partial charge in [0.2, 0.25) is 0 Å². The van der Waals surface area contributed by atoms with E-state index in [-0.39, 0.29) is 0 Å². The fraction of sp³-hybridized carbons (Fsp3) is 0. The van der Waals surface area contributed by atoms with Crippen molar-refractivity contribution in [2.45, 2.75) is 0 Å². The minimum absolute atomic E-state index is 0.679. The summed E-state index contributed by atoms with van der Waals surface area (Å²) in [4.78, 5) is 16.3. The summed E-state index contributed by atoms with van der Waals surface area (Å²) < 4.78 is 6.64. The molecule has 0 amide bonds. The van der Waals surface area contributed by atoms with Crippen LogP contribution in [0.2, 0.25) is 0 Å².